The minimum absolute atomic E-state index is 0.0565. The van der Waals surface area contributed by atoms with E-state index in [-0.39, 0.29) is 11.8 Å². The van der Waals surface area contributed by atoms with E-state index in [0.29, 0.717) is 11.1 Å². The number of rotatable bonds is 3. The molecule has 0 spiro atoms. The second kappa shape index (κ2) is 7.51. The van der Waals surface area contributed by atoms with Gasteiger partial charge >= 0.3 is 0 Å². The molecule has 3 rings (SSSR count). The van der Waals surface area contributed by atoms with Crippen LogP contribution in [0, 0.1) is 13.8 Å². The van der Waals surface area contributed by atoms with Gasteiger partial charge in [0.2, 0.25) is 0 Å². The lowest BCUT2D eigenvalue weighted by Gasteiger charge is -2.26. The Hall–Kier alpha value is -2.62. The molecule has 1 heterocycles. The second-order valence-electron chi connectivity index (χ2n) is 6.76. The van der Waals surface area contributed by atoms with E-state index in [0.717, 1.165) is 42.7 Å². The molecule has 1 aliphatic rings. The zero-order valence-corrected chi connectivity index (χ0v) is 14.8. The monoisotopic (exact) mass is 336 g/mol. The molecule has 1 saturated heterocycles. The van der Waals surface area contributed by atoms with Crippen LogP contribution in [0.1, 0.15) is 51.1 Å². The quantitative estimate of drug-likeness (QED) is 0.914. The third kappa shape index (κ3) is 4.27. The molecule has 4 nitrogen and oxygen atoms in total. The van der Waals surface area contributed by atoms with Crippen LogP contribution in [-0.2, 0) is 0 Å². The molecule has 2 aromatic carbocycles. The first kappa shape index (κ1) is 17.2. The van der Waals surface area contributed by atoms with Crippen molar-refractivity contribution in [3.8, 4) is 0 Å². The maximum atomic E-state index is 12.5. The number of nitrogens with zero attached hydrogens (tertiary/aromatic N) is 1. The molecular weight excluding hydrogens is 312 g/mol. The van der Waals surface area contributed by atoms with Crippen LogP contribution < -0.4 is 5.32 Å². The molecule has 2 aromatic rings. The largest absolute Gasteiger partial charge is 0.339 e. The Labute approximate surface area is 148 Å². The van der Waals surface area contributed by atoms with Crippen LogP contribution in [0.5, 0.6) is 0 Å². The van der Waals surface area contributed by atoms with Crippen molar-refractivity contribution in [1.82, 2.24) is 4.90 Å². The van der Waals surface area contributed by atoms with Gasteiger partial charge in [-0.25, -0.2) is 0 Å². The number of aryl methyl sites for hydroxylation is 2. The predicted molar refractivity (Wildman–Crippen MR) is 100 cm³/mol. The lowest BCUT2D eigenvalue weighted by atomic mass is 10.1. The number of amides is 2. The predicted octanol–water partition coefficient (Wildman–Crippen LogP) is 4.18. The molecule has 1 aliphatic heterocycles. The third-order valence-corrected chi connectivity index (χ3v) is 4.52. The maximum Gasteiger partial charge on any atom is 0.255 e. The Balaban J connectivity index is 1.68. The van der Waals surface area contributed by atoms with Crippen molar-refractivity contribution >= 4 is 17.5 Å². The molecule has 130 valence electrons. The Morgan fingerprint density at radius 2 is 1.40 bits per heavy atom. The Morgan fingerprint density at radius 1 is 0.840 bits per heavy atom. The van der Waals surface area contributed by atoms with Crippen molar-refractivity contribution in [1.29, 1.82) is 0 Å². The average Bonchev–Trinajstić information content (AvgIpc) is 2.61. The molecule has 25 heavy (non-hydrogen) atoms. The Bertz CT molecular complexity index is 755. The van der Waals surface area contributed by atoms with Gasteiger partial charge in [0.15, 0.2) is 0 Å². The average molecular weight is 336 g/mol. The standard InChI is InChI=1S/C21H24N2O2/c1-15-12-16(2)14-19(13-15)22-20(24)17-6-8-18(9-7-17)21(25)23-10-4-3-5-11-23/h6-9,12-14H,3-5,10-11H2,1-2H3,(H,22,24). The number of carbonyl (C=O) groups excluding carboxylic acids is 2. The second-order valence-corrected chi connectivity index (χ2v) is 6.76. The van der Waals surface area contributed by atoms with Gasteiger partial charge < -0.3 is 10.2 Å². The van der Waals surface area contributed by atoms with E-state index in [2.05, 4.69) is 11.4 Å². The first-order chi connectivity index (χ1) is 12.0. The summed E-state index contributed by atoms with van der Waals surface area (Å²) in [5.41, 5.74) is 4.20. The summed E-state index contributed by atoms with van der Waals surface area (Å²) in [4.78, 5) is 26.8. The maximum absolute atomic E-state index is 12.5. The molecule has 0 aromatic heterocycles. The highest BCUT2D eigenvalue weighted by molar-refractivity contribution is 6.05. The molecule has 0 radical (unpaired) electrons. The lowest BCUT2D eigenvalue weighted by Crippen LogP contribution is -2.35. The van der Waals surface area contributed by atoms with Crippen molar-refractivity contribution in [2.75, 3.05) is 18.4 Å². The molecule has 0 bridgehead atoms. The van der Waals surface area contributed by atoms with E-state index in [1.165, 1.54) is 6.42 Å². The molecule has 0 aliphatic carbocycles. The van der Waals surface area contributed by atoms with E-state index in [1.54, 1.807) is 24.3 Å². The number of hydrogen-bond donors (Lipinski definition) is 1. The van der Waals surface area contributed by atoms with E-state index < -0.39 is 0 Å². The summed E-state index contributed by atoms with van der Waals surface area (Å²) in [6.45, 7) is 5.66. The topological polar surface area (TPSA) is 49.4 Å². The zero-order chi connectivity index (χ0) is 17.8. The molecule has 4 heteroatoms. The van der Waals surface area contributed by atoms with Gasteiger partial charge in [-0.15, -0.1) is 0 Å². The summed E-state index contributed by atoms with van der Waals surface area (Å²) in [5.74, 6) is -0.108. The molecule has 0 saturated carbocycles. The van der Waals surface area contributed by atoms with Gasteiger partial charge in [0.1, 0.15) is 0 Å². The highest BCUT2D eigenvalue weighted by atomic mass is 16.2. The van der Waals surface area contributed by atoms with Crippen molar-refractivity contribution in [2.45, 2.75) is 33.1 Å². The molecule has 1 N–H and O–H groups in total. The summed E-state index contributed by atoms with van der Waals surface area (Å²) in [6, 6.07) is 12.9. The third-order valence-electron chi connectivity index (χ3n) is 4.52. The van der Waals surface area contributed by atoms with Crippen LogP contribution in [0.15, 0.2) is 42.5 Å². The smallest absolute Gasteiger partial charge is 0.255 e. The van der Waals surface area contributed by atoms with Crippen LogP contribution in [0.2, 0.25) is 0 Å². The molecular formula is C21H24N2O2. The SMILES string of the molecule is Cc1cc(C)cc(NC(=O)c2ccc(C(=O)N3CCCCC3)cc2)c1. The number of piperidine rings is 1. The molecule has 1 fully saturated rings. The van der Waals surface area contributed by atoms with E-state index in [4.69, 9.17) is 0 Å². The highest BCUT2D eigenvalue weighted by Crippen LogP contribution is 2.17. The summed E-state index contributed by atoms with van der Waals surface area (Å²) in [7, 11) is 0. The molecule has 2 amide bonds. The van der Waals surface area contributed by atoms with Crippen molar-refractivity contribution < 1.29 is 9.59 Å². The van der Waals surface area contributed by atoms with Crippen molar-refractivity contribution in [3.05, 3.63) is 64.7 Å². The number of benzene rings is 2. The number of anilines is 1. The summed E-state index contributed by atoms with van der Waals surface area (Å²) >= 11 is 0. The lowest BCUT2D eigenvalue weighted by molar-refractivity contribution is 0.0724. The van der Waals surface area contributed by atoms with E-state index >= 15 is 0 Å². The van der Waals surface area contributed by atoms with E-state index in [9.17, 15) is 9.59 Å². The van der Waals surface area contributed by atoms with Crippen LogP contribution in [0.4, 0.5) is 5.69 Å². The van der Waals surface area contributed by atoms with Crippen LogP contribution in [0.25, 0.3) is 0 Å². The first-order valence-corrected chi connectivity index (χ1v) is 8.82. The summed E-state index contributed by atoms with van der Waals surface area (Å²) < 4.78 is 0. The summed E-state index contributed by atoms with van der Waals surface area (Å²) in [6.07, 6.45) is 3.34. The van der Waals surface area contributed by atoms with Gasteiger partial charge in [0.05, 0.1) is 0 Å². The van der Waals surface area contributed by atoms with Gasteiger partial charge in [0, 0.05) is 29.9 Å². The number of hydrogen-bond acceptors (Lipinski definition) is 2. The van der Waals surface area contributed by atoms with Gasteiger partial charge in [0.25, 0.3) is 11.8 Å². The number of likely N-dealkylation sites (tertiary alicyclic amines) is 1. The van der Waals surface area contributed by atoms with Crippen molar-refractivity contribution in [3.63, 3.8) is 0 Å². The van der Waals surface area contributed by atoms with Gasteiger partial charge in [-0.3, -0.25) is 9.59 Å². The number of carbonyl (C=O) groups is 2. The van der Waals surface area contributed by atoms with Crippen molar-refractivity contribution in [2.24, 2.45) is 0 Å². The fourth-order valence-corrected chi connectivity index (χ4v) is 3.29. The molecule has 0 atom stereocenters. The minimum Gasteiger partial charge on any atom is -0.339 e. The fourth-order valence-electron chi connectivity index (χ4n) is 3.29. The first-order valence-electron chi connectivity index (χ1n) is 8.82. The van der Waals surface area contributed by atoms with Crippen LogP contribution in [0.3, 0.4) is 0 Å². The highest BCUT2D eigenvalue weighted by Gasteiger charge is 2.18. The summed E-state index contributed by atoms with van der Waals surface area (Å²) in [5, 5.41) is 2.92. The Kier molecular flexibility index (Phi) is 5.17. The fraction of sp³-hybridized carbons (Fsp3) is 0.333. The zero-order valence-electron chi connectivity index (χ0n) is 14.8. The normalized spacial score (nSPS) is 14.2. The molecule has 0 unspecified atom stereocenters. The Morgan fingerprint density at radius 3 is 2.00 bits per heavy atom. The van der Waals surface area contributed by atoms with Gasteiger partial charge in [-0.05, 0) is 80.6 Å². The van der Waals surface area contributed by atoms with Gasteiger partial charge in [-0.2, -0.15) is 0 Å². The number of nitrogens with one attached hydrogen (secondary N) is 1. The van der Waals surface area contributed by atoms with Gasteiger partial charge in [-0.1, -0.05) is 6.07 Å². The minimum atomic E-state index is -0.165. The van der Waals surface area contributed by atoms with E-state index in [1.807, 2.05) is 30.9 Å². The van der Waals surface area contributed by atoms with Crippen LogP contribution >= 0.6 is 0 Å². The van der Waals surface area contributed by atoms with Crippen LogP contribution in [-0.4, -0.2) is 29.8 Å².